The van der Waals surface area contributed by atoms with Crippen LogP contribution in [0.25, 0.3) is 0 Å². The summed E-state index contributed by atoms with van der Waals surface area (Å²) >= 11 is 5.56. The van der Waals surface area contributed by atoms with Crippen molar-refractivity contribution in [2.75, 3.05) is 24.6 Å². The summed E-state index contributed by atoms with van der Waals surface area (Å²) in [6.07, 6.45) is 1.03. The molecule has 0 aromatic heterocycles. The van der Waals surface area contributed by atoms with Gasteiger partial charge in [-0.2, -0.15) is 11.8 Å². The van der Waals surface area contributed by atoms with Gasteiger partial charge in [-0.05, 0) is 31.0 Å². The first-order valence-electron chi connectivity index (χ1n) is 6.49. The maximum Gasteiger partial charge on any atom is 0.0307 e. The molecule has 0 bridgehead atoms. The molecule has 2 atom stereocenters. The van der Waals surface area contributed by atoms with Crippen molar-refractivity contribution in [1.29, 1.82) is 0 Å². The molecule has 2 rings (SSSR count). The van der Waals surface area contributed by atoms with E-state index in [1.54, 1.807) is 0 Å². The lowest BCUT2D eigenvalue weighted by molar-refractivity contribution is 0.224. The molecular weight excluding hydrogens is 308 g/mol. The van der Waals surface area contributed by atoms with Crippen molar-refractivity contribution in [2.24, 2.45) is 5.73 Å². The summed E-state index contributed by atoms with van der Waals surface area (Å²) in [6, 6.07) is 9.17. The molecular formula is C14H21BrN2S. The van der Waals surface area contributed by atoms with Gasteiger partial charge in [0.25, 0.3) is 0 Å². The number of hydrogen-bond donors (Lipinski definition) is 1. The zero-order valence-corrected chi connectivity index (χ0v) is 13.2. The molecule has 18 heavy (non-hydrogen) atoms. The van der Waals surface area contributed by atoms with Crippen molar-refractivity contribution in [3.63, 3.8) is 0 Å². The van der Waals surface area contributed by atoms with Gasteiger partial charge in [0, 0.05) is 41.2 Å². The zero-order chi connectivity index (χ0) is 13.0. The van der Waals surface area contributed by atoms with E-state index in [0.29, 0.717) is 6.04 Å². The highest BCUT2D eigenvalue weighted by Gasteiger charge is 2.19. The van der Waals surface area contributed by atoms with E-state index in [-0.39, 0.29) is 6.04 Å². The largest absolute Gasteiger partial charge is 0.324 e. The Morgan fingerprint density at radius 2 is 2.39 bits per heavy atom. The number of nitrogens with zero attached hydrogens (tertiary/aromatic N) is 1. The highest BCUT2D eigenvalue weighted by atomic mass is 79.9. The highest BCUT2D eigenvalue weighted by molar-refractivity contribution is 9.10. The Balaban J connectivity index is 1.86. The van der Waals surface area contributed by atoms with E-state index in [0.717, 1.165) is 17.4 Å². The van der Waals surface area contributed by atoms with E-state index in [1.807, 2.05) is 6.07 Å². The Morgan fingerprint density at radius 3 is 3.11 bits per heavy atom. The van der Waals surface area contributed by atoms with Gasteiger partial charge in [0.1, 0.15) is 0 Å². The first kappa shape index (κ1) is 14.4. The van der Waals surface area contributed by atoms with Crippen LogP contribution in [0.5, 0.6) is 0 Å². The minimum absolute atomic E-state index is 0.143. The Morgan fingerprint density at radius 1 is 1.56 bits per heavy atom. The monoisotopic (exact) mass is 328 g/mol. The van der Waals surface area contributed by atoms with E-state index in [1.165, 1.54) is 23.6 Å². The smallest absolute Gasteiger partial charge is 0.0307 e. The fourth-order valence-electron chi connectivity index (χ4n) is 2.30. The van der Waals surface area contributed by atoms with Gasteiger partial charge in [0.05, 0.1) is 0 Å². The Hall–Kier alpha value is -0.0300. The minimum Gasteiger partial charge on any atom is -0.324 e. The van der Waals surface area contributed by atoms with E-state index in [9.17, 15) is 0 Å². The summed E-state index contributed by atoms with van der Waals surface area (Å²) in [5, 5.41) is 0. The van der Waals surface area contributed by atoms with Crippen molar-refractivity contribution in [3.05, 3.63) is 34.3 Å². The second kappa shape index (κ2) is 6.94. The summed E-state index contributed by atoms with van der Waals surface area (Å²) in [5.74, 6) is 2.52. The Kier molecular flexibility index (Phi) is 5.55. The van der Waals surface area contributed by atoms with Crippen LogP contribution in [0.4, 0.5) is 0 Å². The molecule has 0 spiro atoms. The second-order valence-corrected chi connectivity index (χ2v) is 6.98. The molecule has 0 amide bonds. The third-order valence-corrected chi connectivity index (χ3v) is 5.19. The fraction of sp³-hybridized carbons (Fsp3) is 0.571. The number of rotatable bonds is 4. The van der Waals surface area contributed by atoms with Crippen LogP contribution >= 0.6 is 27.7 Å². The standard InChI is InChI=1S/C14H21BrN2S/c1-11-10-18-8-7-17(11)6-5-14(16)12-3-2-4-13(15)9-12/h2-4,9,11,14H,5-8,10,16H2,1H3. The van der Waals surface area contributed by atoms with Gasteiger partial charge in [-0.3, -0.25) is 4.90 Å². The first-order valence-corrected chi connectivity index (χ1v) is 8.44. The Bertz CT molecular complexity index is 386. The van der Waals surface area contributed by atoms with Crippen molar-refractivity contribution in [3.8, 4) is 0 Å². The Labute approximate surface area is 122 Å². The number of thioether (sulfide) groups is 1. The number of hydrogen-bond acceptors (Lipinski definition) is 3. The van der Waals surface area contributed by atoms with Crippen LogP contribution in [0.3, 0.4) is 0 Å². The minimum atomic E-state index is 0.143. The number of halogens is 1. The predicted octanol–water partition coefficient (Wildman–Crippen LogP) is 3.28. The van der Waals surface area contributed by atoms with Crippen LogP contribution < -0.4 is 5.73 Å². The molecule has 0 saturated carbocycles. The molecule has 1 aromatic carbocycles. The van der Waals surface area contributed by atoms with Crippen LogP contribution in [0.2, 0.25) is 0 Å². The first-order chi connectivity index (χ1) is 8.66. The van der Waals surface area contributed by atoms with Crippen molar-refractivity contribution < 1.29 is 0 Å². The molecule has 1 aliphatic rings. The molecule has 1 heterocycles. The molecule has 2 nitrogen and oxygen atoms in total. The average molecular weight is 329 g/mol. The van der Waals surface area contributed by atoms with E-state index >= 15 is 0 Å². The lowest BCUT2D eigenvalue weighted by atomic mass is 10.0. The second-order valence-electron chi connectivity index (χ2n) is 4.91. The maximum absolute atomic E-state index is 6.27. The zero-order valence-electron chi connectivity index (χ0n) is 10.8. The van der Waals surface area contributed by atoms with Crippen LogP contribution in [0.1, 0.15) is 24.9 Å². The summed E-state index contributed by atoms with van der Waals surface area (Å²) in [6.45, 7) is 4.63. The quantitative estimate of drug-likeness (QED) is 0.919. The molecule has 2 N–H and O–H groups in total. The summed E-state index contributed by atoms with van der Waals surface area (Å²) in [7, 11) is 0. The molecule has 1 aromatic rings. The van der Waals surface area contributed by atoms with Crippen molar-refractivity contribution in [2.45, 2.75) is 25.4 Å². The number of nitrogens with two attached hydrogens (primary N) is 1. The molecule has 1 aliphatic heterocycles. The normalized spacial score (nSPS) is 22.9. The molecule has 2 unspecified atom stereocenters. The lowest BCUT2D eigenvalue weighted by Gasteiger charge is -2.33. The summed E-state index contributed by atoms with van der Waals surface area (Å²) in [4.78, 5) is 2.56. The molecule has 0 aliphatic carbocycles. The topological polar surface area (TPSA) is 29.3 Å². The molecule has 1 saturated heterocycles. The van der Waals surface area contributed by atoms with Gasteiger partial charge < -0.3 is 5.73 Å². The van der Waals surface area contributed by atoms with Crippen LogP contribution in [-0.4, -0.2) is 35.5 Å². The van der Waals surface area contributed by atoms with Gasteiger partial charge in [-0.25, -0.2) is 0 Å². The van der Waals surface area contributed by atoms with Crippen LogP contribution in [0.15, 0.2) is 28.7 Å². The molecule has 4 heteroatoms. The molecule has 0 radical (unpaired) electrons. The average Bonchev–Trinajstić information content (AvgIpc) is 2.37. The summed E-state index contributed by atoms with van der Waals surface area (Å²) in [5.41, 5.74) is 7.50. The predicted molar refractivity (Wildman–Crippen MR) is 84.0 cm³/mol. The van der Waals surface area contributed by atoms with Crippen molar-refractivity contribution >= 4 is 27.7 Å². The third-order valence-electron chi connectivity index (χ3n) is 3.51. The maximum atomic E-state index is 6.27. The van der Waals surface area contributed by atoms with Gasteiger partial charge in [-0.15, -0.1) is 0 Å². The highest BCUT2D eigenvalue weighted by Crippen LogP contribution is 2.21. The van der Waals surface area contributed by atoms with E-state index < -0.39 is 0 Å². The molecule has 1 fully saturated rings. The van der Waals surface area contributed by atoms with Gasteiger partial charge in [0.15, 0.2) is 0 Å². The molecule has 100 valence electrons. The fourth-order valence-corrected chi connectivity index (χ4v) is 3.80. The van der Waals surface area contributed by atoms with Crippen LogP contribution in [0, 0.1) is 0 Å². The SMILES string of the molecule is CC1CSCCN1CCC(N)c1cccc(Br)c1. The van der Waals surface area contributed by atoms with E-state index in [2.05, 4.69) is 57.7 Å². The third kappa shape index (κ3) is 3.98. The van der Waals surface area contributed by atoms with Crippen molar-refractivity contribution in [1.82, 2.24) is 4.90 Å². The van der Waals surface area contributed by atoms with Gasteiger partial charge in [-0.1, -0.05) is 28.1 Å². The van der Waals surface area contributed by atoms with Crippen LogP contribution in [-0.2, 0) is 0 Å². The van der Waals surface area contributed by atoms with Gasteiger partial charge in [0.2, 0.25) is 0 Å². The number of benzene rings is 1. The summed E-state index contributed by atoms with van der Waals surface area (Å²) < 4.78 is 1.11. The lowest BCUT2D eigenvalue weighted by Crippen LogP contribution is -2.41. The van der Waals surface area contributed by atoms with E-state index in [4.69, 9.17) is 5.73 Å². The van der Waals surface area contributed by atoms with Gasteiger partial charge >= 0.3 is 0 Å².